The summed E-state index contributed by atoms with van der Waals surface area (Å²) in [4.78, 5) is 19.5. The molecule has 0 amide bonds. The molecule has 1 fully saturated rings. The molecule has 208 valence electrons. The van der Waals surface area contributed by atoms with E-state index in [1.807, 2.05) is 6.92 Å². The van der Waals surface area contributed by atoms with E-state index in [2.05, 4.69) is 23.2 Å². The van der Waals surface area contributed by atoms with E-state index in [0.717, 1.165) is 24.7 Å². The molecule has 0 spiro atoms. The summed E-state index contributed by atoms with van der Waals surface area (Å²) >= 11 is 2.18. The number of thioether (sulfide) groups is 1. The summed E-state index contributed by atoms with van der Waals surface area (Å²) in [6.45, 7) is 4.67. The van der Waals surface area contributed by atoms with Crippen molar-refractivity contribution in [3.63, 3.8) is 0 Å². The Morgan fingerprint density at radius 3 is 2.29 bits per heavy atom. The Hall–Kier alpha value is -0.0700. The average Bonchev–Trinajstić information content (AvgIpc) is 2.84. The molecule has 3 atom stereocenters. The standard InChI is InChI=1S/C27H53O6PS/c1-3-4-16-26(25-17-11-9-12-18-25)19-23-35-22-13-8-6-5-7-10-15-24(2)32-20-14-21-33-34(30,31)27(28)29/h24-26H,3-23H2,1-2H3,(H,28,29)(H,30,31). The molecule has 1 rings (SSSR count). The molecule has 0 aromatic heterocycles. The minimum Gasteiger partial charge on any atom is -0.472 e. The number of hydrogen-bond acceptors (Lipinski definition) is 5. The third-order valence-electron chi connectivity index (χ3n) is 7.23. The van der Waals surface area contributed by atoms with Crippen LogP contribution < -0.4 is 0 Å². The second-order valence-electron chi connectivity index (χ2n) is 10.3. The number of carboxylic acid groups (broad SMARTS) is 1. The maximum atomic E-state index is 11.1. The monoisotopic (exact) mass is 536 g/mol. The Labute approximate surface area is 219 Å². The molecule has 1 saturated carbocycles. The predicted molar refractivity (Wildman–Crippen MR) is 148 cm³/mol. The van der Waals surface area contributed by atoms with Gasteiger partial charge in [-0.05, 0) is 55.9 Å². The number of ether oxygens (including phenoxy) is 1. The molecule has 0 aromatic carbocycles. The predicted octanol–water partition coefficient (Wildman–Crippen LogP) is 8.90. The first kappa shape index (κ1) is 33.0. The van der Waals surface area contributed by atoms with Gasteiger partial charge in [-0.25, -0.2) is 9.36 Å². The fourth-order valence-electron chi connectivity index (χ4n) is 5.04. The van der Waals surface area contributed by atoms with Crippen LogP contribution in [0.3, 0.4) is 0 Å². The number of carbonyl (C=O) groups is 1. The molecule has 3 unspecified atom stereocenters. The van der Waals surface area contributed by atoms with E-state index in [1.54, 1.807) is 0 Å². The van der Waals surface area contributed by atoms with E-state index in [1.165, 1.54) is 101 Å². The highest BCUT2D eigenvalue weighted by atomic mass is 32.2. The first-order valence-corrected chi connectivity index (χ1v) is 17.0. The van der Waals surface area contributed by atoms with E-state index < -0.39 is 13.3 Å². The minimum absolute atomic E-state index is 0.0922. The molecule has 1 aliphatic rings. The lowest BCUT2D eigenvalue weighted by atomic mass is 9.77. The molecule has 0 aromatic rings. The van der Waals surface area contributed by atoms with Crippen molar-refractivity contribution in [1.29, 1.82) is 0 Å². The van der Waals surface area contributed by atoms with E-state index in [-0.39, 0.29) is 12.7 Å². The van der Waals surface area contributed by atoms with Crippen LogP contribution in [0.25, 0.3) is 0 Å². The van der Waals surface area contributed by atoms with E-state index in [9.17, 15) is 9.36 Å². The molecule has 1 aliphatic carbocycles. The van der Waals surface area contributed by atoms with Crippen molar-refractivity contribution >= 4 is 25.1 Å². The van der Waals surface area contributed by atoms with Crippen LogP contribution in [0.15, 0.2) is 0 Å². The lowest BCUT2D eigenvalue weighted by Crippen LogP contribution is -2.19. The highest BCUT2D eigenvalue weighted by Crippen LogP contribution is 2.42. The van der Waals surface area contributed by atoms with Crippen molar-refractivity contribution < 1.29 is 28.6 Å². The molecule has 0 aliphatic heterocycles. The van der Waals surface area contributed by atoms with Crippen LogP contribution in [0.4, 0.5) is 4.79 Å². The molecule has 2 N–H and O–H groups in total. The third kappa shape index (κ3) is 17.1. The zero-order chi connectivity index (χ0) is 25.8. The summed E-state index contributed by atoms with van der Waals surface area (Å²) < 4.78 is 21.3. The van der Waals surface area contributed by atoms with Crippen LogP contribution >= 0.6 is 19.4 Å². The van der Waals surface area contributed by atoms with Gasteiger partial charge in [-0.1, -0.05) is 90.4 Å². The lowest BCUT2D eigenvalue weighted by molar-refractivity contribution is 0.0499. The smallest absolute Gasteiger partial charge is 0.435 e. The number of hydrogen-bond donors (Lipinski definition) is 2. The van der Waals surface area contributed by atoms with E-state index in [4.69, 9.17) is 14.7 Å². The molecular formula is C27H53O6PS. The maximum Gasteiger partial charge on any atom is 0.435 e. The van der Waals surface area contributed by atoms with Crippen molar-refractivity contribution in [1.82, 2.24) is 0 Å². The summed E-state index contributed by atoms with van der Waals surface area (Å²) in [7, 11) is -4.52. The number of rotatable bonds is 23. The molecule has 0 radical (unpaired) electrons. The Morgan fingerprint density at radius 1 is 0.914 bits per heavy atom. The van der Waals surface area contributed by atoms with E-state index in [0.29, 0.717) is 13.0 Å². The van der Waals surface area contributed by atoms with E-state index >= 15 is 0 Å². The topological polar surface area (TPSA) is 93.1 Å². The second-order valence-corrected chi connectivity index (χ2v) is 13.2. The minimum atomic E-state index is -4.52. The molecule has 35 heavy (non-hydrogen) atoms. The fourth-order valence-corrected chi connectivity index (χ4v) is 6.61. The Bertz CT molecular complexity index is 570. The zero-order valence-corrected chi connectivity index (χ0v) is 24.2. The highest BCUT2D eigenvalue weighted by molar-refractivity contribution is 7.99. The van der Waals surface area contributed by atoms with Crippen molar-refractivity contribution in [2.45, 2.75) is 129 Å². The molecule has 8 heteroatoms. The van der Waals surface area contributed by atoms with Gasteiger partial charge in [-0.2, -0.15) is 11.8 Å². The summed E-state index contributed by atoms with van der Waals surface area (Å²) in [6.07, 6.45) is 22.2. The van der Waals surface area contributed by atoms with Crippen molar-refractivity contribution in [2.24, 2.45) is 11.8 Å². The quantitative estimate of drug-likeness (QED) is 0.0994. The van der Waals surface area contributed by atoms with Crippen LogP contribution in [-0.2, 0) is 13.8 Å². The summed E-state index contributed by atoms with van der Waals surface area (Å²) in [5.74, 6) is 4.67. The van der Waals surface area contributed by atoms with Crippen molar-refractivity contribution in [2.75, 3.05) is 24.7 Å². The van der Waals surface area contributed by atoms with Crippen molar-refractivity contribution in [3.05, 3.63) is 0 Å². The average molecular weight is 537 g/mol. The van der Waals surface area contributed by atoms with Crippen LogP contribution in [-0.4, -0.2) is 46.5 Å². The fraction of sp³-hybridized carbons (Fsp3) is 0.963. The van der Waals surface area contributed by atoms with Crippen LogP contribution in [0.1, 0.15) is 123 Å². The Kier molecular flexibility index (Phi) is 19.7. The van der Waals surface area contributed by atoms with Crippen molar-refractivity contribution in [3.8, 4) is 0 Å². The lowest BCUT2D eigenvalue weighted by Gasteiger charge is -2.30. The Balaban J connectivity index is 1.91. The van der Waals surface area contributed by atoms with Gasteiger partial charge in [0, 0.05) is 6.61 Å². The van der Waals surface area contributed by atoms with Gasteiger partial charge in [0.2, 0.25) is 0 Å². The maximum absolute atomic E-state index is 11.1. The largest absolute Gasteiger partial charge is 0.472 e. The first-order chi connectivity index (χ1) is 16.9. The van der Waals surface area contributed by atoms with Gasteiger partial charge >= 0.3 is 13.3 Å². The molecular weight excluding hydrogens is 483 g/mol. The van der Waals surface area contributed by atoms with Gasteiger partial charge < -0.3 is 19.3 Å². The second kappa shape index (κ2) is 20.9. The Morgan fingerprint density at radius 2 is 1.60 bits per heavy atom. The SMILES string of the molecule is CCCCC(CCSCCCCCCCCC(C)OCCCOP(=O)(O)C(=O)O)C1CCCCC1. The number of unbranched alkanes of at least 4 members (excludes halogenated alkanes) is 6. The van der Waals surface area contributed by atoms with Gasteiger partial charge in [-0.15, -0.1) is 0 Å². The van der Waals surface area contributed by atoms with Gasteiger partial charge in [-0.3, -0.25) is 0 Å². The summed E-state index contributed by atoms with van der Waals surface area (Å²) in [6, 6.07) is 0. The van der Waals surface area contributed by atoms with Crippen LogP contribution in [0.2, 0.25) is 0 Å². The van der Waals surface area contributed by atoms with Crippen LogP contribution in [0.5, 0.6) is 0 Å². The normalized spacial score (nSPS) is 18.3. The molecule has 0 bridgehead atoms. The first-order valence-electron chi connectivity index (χ1n) is 14.3. The van der Waals surface area contributed by atoms with Crippen LogP contribution in [0, 0.1) is 11.8 Å². The van der Waals surface area contributed by atoms with Gasteiger partial charge in [0.05, 0.1) is 12.7 Å². The summed E-state index contributed by atoms with van der Waals surface area (Å²) in [5, 5.41) is 8.52. The molecule has 6 nitrogen and oxygen atoms in total. The summed E-state index contributed by atoms with van der Waals surface area (Å²) in [5.41, 5.74) is -1.81. The third-order valence-corrected chi connectivity index (χ3v) is 9.34. The van der Waals surface area contributed by atoms with Gasteiger partial charge in [0.1, 0.15) is 0 Å². The molecule has 0 saturated heterocycles. The van der Waals surface area contributed by atoms with Gasteiger partial charge in [0.15, 0.2) is 0 Å². The highest BCUT2D eigenvalue weighted by Gasteiger charge is 2.29. The zero-order valence-electron chi connectivity index (χ0n) is 22.5. The van der Waals surface area contributed by atoms with Gasteiger partial charge in [0.25, 0.3) is 0 Å². The molecule has 0 heterocycles.